The minimum atomic E-state index is -0.478. The number of anilines is 2. The van der Waals surface area contributed by atoms with Crippen molar-refractivity contribution in [3.63, 3.8) is 0 Å². The van der Waals surface area contributed by atoms with E-state index in [0.29, 0.717) is 16.9 Å². The number of aromatic nitrogens is 1. The fraction of sp³-hybridized carbons (Fsp3) is 0.0312. The van der Waals surface area contributed by atoms with Crippen LogP contribution in [0.5, 0.6) is 0 Å². The molecule has 1 aromatic heterocycles. The van der Waals surface area contributed by atoms with Gasteiger partial charge in [0.15, 0.2) is 0 Å². The summed E-state index contributed by atoms with van der Waals surface area (Å²) in [5.41, 5.74) is 3.47. The number of nitrogens with one attached hydrogen (secondary N) is 4. The summed E-state index contributed by atoms with van der Waals surface area (Å²) in [5, 5.41) is 9.60. The van der Waals surface area contributed by atoms with Crippen LogP contribution in [0, 0.1) is 0 Å². The van der Waals surface area contributed by atoms with Crippen LogP contribution in [0.2, 0.25) is 0 Å². The maximum atomic E-state index is 13.3. The van der Waals surface area contributed by atoms with Crippen molar-refractivity contribution < 1.29 is 14.4 Å². The van der Waals surface area contributed by atoms with Gasteiger partial charge >= 0.3 is 0 Å². The number of fused-ring (bicyclic) bond motifs is 1. The predicted octanol–water partition coefficient (Wildman–Crippen LogP) is 7.07. The number of hydrogen-bond donors (Lipinski definition) is 4. The molecule has 0 saturated heterocycles. The number of carbonyl (C=O) groups is 3. The molecule has 7 nitrogen and oxygen atoms in total. The quantitative estimate of drug-likeness (QED) is 0.104. The summed E-state index contributed by atoms with van der Waals surface area (Å²) in [6.07, 6.45) is 3.48. The first-order chi connectivity index (χ1) is 19.9. The number of benzene rings is 4. The largest absolute Gasteiger partial charge is 0.361 e. The fourth-order valence-corrected chi connectivity index (χ4v) is 5.21. The first-order valence-corrected chi connectivity index (χ1v) is 14.5. The Morgan fingerprint density at radius 1 is 0.805 bits per heavy atom. The normalized spacial score (nSPS) is 11.2. The predicted molar refractivity (Wildman–Crippen MR) is 169 cm³/mol. The van der Waals surface area contributed by atoms with Gasteiger partial charge in [-0.3, -0.25) is 14.4 Å². The van der Waals surface area contributed by atoms with Gasteiger partial charge in [-0.1, -0.05) is 58.4 Å². The second-order valence-corrected chi connectivity index (χ2v) is 11.0. The van der Waals surface area contributed by atoms with E-state index in [9.17, 15) is 14.4 Å². The van der Waals surface area contributed by atoms with E-state index in [1.165, 1.54) is 11.8 Å². The van der Waals surface area contributed by atoms with Gasteiger partial charge < -0.3 is 20.9 Å². The van der Waals surface area contributed by atoms with E-state index < -0.39 is 11.8 Å². The van der Waals surface area contributed by atoms with Crippen LogP contribution in [0.1, 0.15) is 15.9 Å². The summed E-state index contributed by atoms with van der Waals surface area (Å²) in [6.45, 7) is 0. The molecule has 0 spiro atoms. The molecule has 4 N–H and O–H groups in total. The molecule has 0 aliphatic carbocycles. The van der Waals surface area contributed by atoms with E-state index in [1.54, 1.807) is 48.5 Å². The fourth-order valence-electron chi connectivity index (χ4n) is 4.04. The van der Waals surface area contributed by atoms with Gasteiger partial charge in [-0.05, 0) is 77.7 Å². The number of H-pyrrole nitrogens is 1. The second kappa shape index (κ2) is 13.2. The molecule has 5 aromatic rings. The Kier molecular flexibility index (Phi) is 8.98. The number of aromatic amines is 1. The van der Waals surface area contributed by atoms with Crippen LogP contribution in [0.25, 0.3) is 17.0 Å². The van der Waals surface area contributed by atoms with Crippen molar-refractivity contribution in [2.24, 2.45) is 0 Å². The summed E-state index contributed by atoms with van der Waals surface area (Å²) >= 11 is 4.79. The number of hydrogen-bond acceptors (Lipinski definition) is 4. The van der Waals surface area contributed by atoms with Crippen LogP contribution in [0.3, 0.4) is 0 Å². The monoisotopic (exact) mass is 624 g/mol. The number of carbonyl (C=O) groups excluding carboxylic acids is 3. The highest BCUT2D eigenvalue weighted by Crippen LogP contribution is 2.23. The van der Waals surface area contributed by atoms with E-state index >= 15 is 0 Å². The zero-order valence-electron chi connectivity index (χ0n) is 21.7. The summed E-state index contributed by atoms with van der Waals surface area (Å²) in [7, 11) is 0. The van der Waals surface area contributed by atoms with Crippen molar-refractivity contribution in [2.75, 3.05) is 16.4 Å². The molecule has 1 heterocycles. The Bertz CT molecular complexity index is 1750. The number of thioether (sulfide) groups is 1. The third-order valence-electron chi connectivity index (χ3n) is 5.99. The first kappa shape index (κ1) is 27.9. The van der Waals surface area contributed by atoms with Gasteiger partial charge in [0, 0.05) is 38.0 Å². The van der Waals surface area contributed by atoms with Crippen molar-refractivity contribution in [3.05, 3.63) is 131 Å². The molecule has 3 amide bonds. The van der Waals surface area contributed by atoms with Crippen LogP contribution < -0.4 is 16.0 Å². The Morgan fingerprint density at radius 3 is 2.44 bits per heavy atom. The van der Waals surface area contributed by atoms with Gasteiger partial charge in [0.1, 0.15) is 5.70 Å². The SMILES string of the molecule is O=C(CSc1cccc(NC(=O)/C(=C\c2cccc(Br)c2)NC(=O)c2ccccc2)c1)Nc1ccc2cc[nH]c2c1. The molecule has 0 fully saturated rings. The molecule has 9 heteroatoms. The highest BCUT2D eigenvalue weighted by Gasteiger charge is 2.16. The molecule has 0 saturated carbocycles. The molecule has 0 aliphatic heterocycles. The Balaban J connectivity index is 1.25. The van der Waals surface area contributed by atoms with E-state index in [4.69, 9.17) is 0 Å². The maximum absolute atomic E-state index is 13.3. The number of rotatable bonds is 9. The molecule has 204 valence electrons. The molecular weight excluding hydrogens is 600 g/mol. The van der Waals surface area contributed by atoms with Crippen LogP contribution in [0.4, 0.5) is 11.4 Å². The molecule has 0 aliphatic rings. The first-order valence-electron chi connectivity index (χ1n) is 12.7. The van der Waals surface area contributed by atoms with Crippen molar-refractivity contribution in [1.82, 2.24) is 10.3 Å². The third kappa shape index (κ3) is 7.75. The third-order valence-corrected chi connectivity index (χ3v) is 7.48. The molecule has 4 aromatic carbocycles. The molecule has 0 bridgehead atoms. The minimum absolute atomic E-state index is 0.0911. The van der Waals surface area contributed by atoms with Crippen LogP contribution in [0.15, 0.2) is 124 Å². The van der Waals surface area contributed by atoms with E-state index in [-0.39, 0.29) is 17.4 Å². The van der Waals surface area contributed by atoms with E-state index in [2.05, 4.69) is 36.9 Å². The number of amides is 3. The summed E-state index contributed by atoms with van der Waals surface area (Å²) in [4.78, 5) is 42.7. The lowest BCUT2D eigenvalue weighted by Crippen LogP contribution is -2.30. The summed E-state index contributed by atoms with van der Waals surface area (Å²) in [6, 6.07) is 31.0. The zero-order chi connectivity index (χ0) is 28.6. The van der Waals surface area contributed by atoms with Crippen molar-refractivity contribution >= 4 is 73.8 Å². The summed E-state index contributed by atoms with van der Waals surface area (Å²) in [5.74, 6) is -0.818. The van der Waals surface area contributed by atoms with E-state index in [0.717, 1.165) is 25.8 Å². The van der Waals surface area contributed by atoms with Crippen molar-refractivity contribution in [1.29, 1.82) is 0 Å². The lowest BCUT2D eigenvalue weighted by molar-refractivity contribution is -0.114. The average Bonchev–Trinajstić information content (AvgIpc) is 3.44. The van der Waals surface area contributed by atoms with Gasteiger partial charge in [-0.2, -0.15) is 0 Å². The van der Waals surface area contributed by atoms with Gasteiger partial charge in [0.05, 0.1) is 5.75 Å². The van der Waals surface area contributed by atoms with E-state index in [1.807, 2.05) is 66.9 Å². The molecule has 0 atom stereocenters. The second-order valence-electron chi connectivity index (χ2n) is 9.03. The topological polar surface area (TPSA) is 103 Å². The maximum Gasteiger partial charge on any atom is 0.272 e. The highest BCUT2D eigenvalue weighted by molar-refractivity contribution is 9.10. The molecule has 0 radical (unpaired) electrons. The molecule has 5 rings (SSSR count). The standard InChI is InChI=1S/C32H25BrN4O3S/c33-24-9-4-6-21(16-24)17-29(37-31(39)23-7-2-1-3-8-23)32(40)36-25-10-5-11-27(18-25)41-20-30(38)35-26-13-12-22-14-15-34-28(22)19-26/h1-19,34H,20H2,(H,35,38)(H,36,40)(H,37,39)/b29-17+. The van der Waals surface area contributed by atoms with Gasteiger partial charge in [-0.15, -0.1) is 11.8 Å². The van der Waals surface area contributed by atoms with Crippen molar-refractivity contribution in [2.45, 2.75) is 4.90 Å². The molecular formula is C32H25BrN4O3S. The van der Waals surface area contributed by atoms with Crippen molar-refractivity contribution in [3.8, 4) is 0 Å². The molecule has 0 unspecified atom stereocenters. The van der Waals surface area contributed by atoms with Crippen LogP contribution >= 0.6 is 27.7 Å². The van der Waals surface area contributed by atoms with Gasteiger partial charge in [0.25, 0.3) is 11.8 Å². The Labute approximate surface area is 249 Å². The number of halogens is 1. The lowest BCUT2D eigenvalue weighted by Gasteiger charge is -2.12. The van der Waals surface area contributed by atoms with Gasteiger partial charge in [-0.25, -0.2) is 0 Å². The van der Waals surface area contributed by atoms with Crippen LogP contribution in [-0.2, 0) is 9.59 Å². The average molecular weight is 626 g/mol. The minimum Gasteiger partial charge on any atom is -0.361 e. The van der Waals surface area contributed by atoms with Crippen LogP contribution in [-0.4, -0.2) is 28.5 Å². The lowest BCUT2D eigenvalue weighted by atomic mass is 10.1. The highest BCUT2D eigenvalue weighted by atomic mass is 79.9. The van der Waals surface area contributed by atoms with Gasteiger partial charge in [0.2, 0.25) is 5.91 Å². The smallest absolute Gasteiger partial charge is 0.272 e. The molecule has 41 heavy (non-hydrogen) atoms. The zero-order valence-corrected chi connectivity index (χ0v) is 24.1. The Hall–Kier alpha value is -4.60. The summed E-state index contributed by atoms with van der Waals surface area (Å²) < 4.78 is 0.846. The Morgan fingerprint density at radius 2 is 1.61 bits per heavy atom.